The number of hydrogen-bond acceptors (Lipinski definition) is 5. The number of halogens is 1. The SMILES string of the molecule is COC(=O)C(C)(C)C1Oc2ccc(Cl)cc2C(=O)C1=CO. The minimum absolute atomic E-state index is 0.0137. The fourth-order valence-corrected chi connectivity index (χ4v) is 2.45. The van der Waals surface area contributed by atoms with Gasteiger partial charge in [0.1, 0.15) is 17.3 Å². The molecule has 21 heavy (non-hydrogen) atoms. The normalized spacial score (nSPS) is 19.9. The zero-order valence-electron chi connectivity index (χ0n) is 11.8. The molecule has 1 aromatic carbocycles. The summed E-state index contributed by atoms with van der Waals surface area (Å²) in [7, 11) is 1.25. The molecule has 0 saturated carbocycles. The first-order valence-corrected chi connectivity index (χ1v) is 6.64. The topological polar surface area (TPSA) is 72.8 Å². The first kappa shape index (κ1) is 15.4. The Balaban J connectivity index is 2.54. The molecule has 0 spiro atoms. The average molecular weight is 311 g/mol. The molecule has 0 amide bonds. The summed E-state index contributed by atoms with van der Waals surface area (Å²) in [6.45, 7) is 3.17. The van der Waals surface area contributed by atoms with Gasteiger partial charge in [-0.3, -0.25) is 9.59 Å². The van der Waals surface area contributed by atoms with Gasteiger partial charge in [0, 0.05) is 5.02 Å². The van der Waals surface area contributed by atoms with E-state index in [2.05, 4.69) is 0 Å². The van der Waals surface area contributed by atoms with Crippen LogP contribution in [0.25, 0.3) is 0 Å². The van der Waals surface area contributed by atoms with Gasteiger partial charge in [-0.2, -0.15) is 0 Å². The molecule has 0 radical (unpaired) electrons. The van der Waals surface area contributed by atoms with Gasteiger partial charge in [-0.05, 0) is 32.0 Å². The van der Waals surface area contributed by atoms with E-state index in [1.165, 1.54) is 13.2 Å². The average Bonchev–Trinajstić information content (AvgIpc) is 2.46. The number of aliphatic hydroxyl groups is 1. The number of hydrogen-bond donors (Lipinski definition) is 1. The van der Waals surface area contributed by atoms with Gasteiger partial charge < -0.3 is 14.6 Å². The largest absolute Gasteiger partial charge is 0.515 e. The van der Waals surface area contributed by atoms with Crippen molar-refractivity contribution >= 4 is 23.4 Å². The smallest absolute Gasteiger partial charge is 0.315 e. The molecular formula is C15H15ClO5. The number of Topliss-reactive ketones (excluding diaryl/α,β-unsaturated/α-hetero) is 1. The van der Waals surface area contributed by atoms with E-state index in [4.69, 9.17) is 21.1 Å². The van der Waals surface area contributed by atoms with Crippen molar-refractivity contribution in [3.63, 3.8) is 0 Å². The first-order chi connectivity index (χ1) is 9.82. The number of rotatable bonds is 2. The lowest BCUT2D eigenvalue weighted by atomic mass is 9.79. The van der Waals surface area contributed by atoms with Gasteiger partial charge in [-0.1, -0.05) is 11.6 Å². The first-order valence-electron chi connectivity index (χ1n) is 6.26. The third kappa shape index (κ3) is 2.49. The number of ketones is 1. The Kier molecular flexibility index (Phi) is 3.96. The molecule has 0 saturated heterocycles. The minimum atomic E-state index is -1.14. The van der Waals surface area contributed by atoms with Crippen LogP contribution in [0.2, 0.25) is 5.02 Å². The van der Waals surface area contributed by atoms with Crippen molar-refractivity contribution in [2.45, 2.75) is 20.0 Å². The molecule has 1 aliphatic heterocycles. The van der Waals surface area contributed by atoms with Crippen molar-refractivity contribution in [2.24, 2.45) is 5.41 Å². The summed E-state index contributed by atoms with van der Waals surface area (Å²) in [4.78, 5) is 24.4. The number of ether oxygens (including phenoxy) is 2. The van der Waals surface area contributed by atoms with Crippen LogP contribution < -0.4 is 4.74 Å². The molecular weight excluding hydrogens is 296 g/mol. The minimum Gasteiger partial charge on any atom is -0.515 e. The lowest BCUT2D eigenvalue weighted by Gasteiger charge is -2.36. The Bertz CT molecular complexity index is 633. The zero-order valence-corrected chi connectivity index (χ0v) is 12.6. The number of fused-ring (bicyclic) bond motifs is 1. The second-order valence-electron chi connectivity index (χ2n) is 5.27. The molecule has 5 nitrogen and oxygen atoms in total. The Labute approximate surface area is 127 Å². The predicted molar refractivity (Wildman–Crippen MR) is 76.7 cm³/mol. The zero-order chi connectivity index (χ0) is 15.8. The van der Waals surface area contributed by atoms with E-state index in [1.54, 1.807) is 26.0 Å². The van der Waals surface area contributed by atoms with Gasteiger partial charge in [-0.15, -0.1) is 0 Å². The van der Waals surface area contributed by atoms with Crippen molar-refractivity contribution in [3.05, 3.63) is 40.6 Å². The van der Waals surface area contributed by atoms with Crippen LogP contribution in [0, 0.1) is 5.41 Å². The van der Waals surface area contributed by atoms with Crippen molar-refractivity contribution in [2.75, 3.05) is 7.11 Å². The molecule has 6 heteroatoms. The fraction of sp³-hybridized carbons (Fsp3) is 0.333. The van der Waals surface area contributed by atoms with Crippen molar-refractivity contribution in [3.8, 4) is 5.75 Å². The van der Waals surface area contributed by atoms with Crippen LogP contribution in [0.5, 0.6) is 5.75 Å². The quantitative estimate of drug-likeness (QED) is 0.516. The van der Waals surface area contributed by atoms with Crippen LogP contribution in [0.3, 0.4) is 0 Å². The molecule has 0 fully saturated rings. The number of aliphatic hydroxyl groups excluding tert-OH is 1. The number of carbonyl (C=O) groups excluding carboxylic acids is 2. The Morgan fingerprint density at radius 3 is 2.71 bits per heavy atom. The molecule has 1 aliphatic rings. The highest BCUT2D eigenvalue weighted by molar-refractivity contribution is 6.31. The van der Waals surface area contributed by atoms with Crippen molar-refractivity contribution in [1.82, 2.24) is 0 Å². The van der Waals surface area contributed by atoms with Crippen LogP contribution >= 0.6 is 11.6 Å². The predicted octanol–water partition coefficient (Wildman–Crippen LogP) is 2.92. The fourth-order valence-electron chi connectivity index (χ4n) is 2.28. The highest BCUT2D eigenvalue weighted by Crippen LogP contribution is 2.39. The van der Waals surface area contributed by atoms with E-state index >= 15 is 0 Å². The lowest BCUT2D eigenvalue weighted by molar-refractivity contribution is -0.155. The molecule has 112 valence electrons. The standard InChI is InChI=1S/C15H15ClO5/c1-15(2,14(19)20-3)13-10(7-17)12(18)9-6-8(16)4-5-11(9)21-13/h4-7,13,17H,1-3H3. The number of carbonyl (C=O) groups is 2. The van der Waals surface area contributed by atoms with Crippen LogP contribution in [-0.2, 0) is 9.53 Å². The van der Waals surface area contributed by atoms with Gasteiger partial charge in [-0.25, -0.2) is 0 Å². The van der Waals surface area contributed by atoms with Gasteiger partial charge in [0.2, 0.25) is 0 Å². The summed E-state index contributed by atoms with van der Waals surface area (Å²) in [5.41, 5.74) is -0.907. The highest BCUT2D eigenvalue weighted by Gasteiger charge is 2.47. The second kappa shape index (κ2) is 5.41. The molecule has 1 aromatic rings. The molecule has 1 heterocycles. The Hall–Kier alpha value is -2.01. The Morgan fingerprint density at radius 1 is 1.48 bits per heavy atom. The number of benzene rings is 1. The van der Waals surface area contributed by atoms with E-state index in [1.807, 2.05) is 0 Å². The highest BCUT2D eigenvalue weighted by atomic mass is 35.5. The maximum Gasteiger partial charge on any atom is 0.315 e. The summed E-state index contributed by atoms with van der Waals surface area (Å²) in [5.74, 6) is -0.655. The summed E-state index contributed by atoms with van der Waals surface area (Å²) in [5, 5.41) is 9.78. The maximum absolute atomic E-state index is 12.4. The van der Waals surface area contributed by atoms with Crippen LogP contribution in [0.1, 0.15) is 24.2 Å². The van der Waals surface area contributed by atoms with E-state index in [9.17, 15) is 14.7 Å². The van der Waals surface area contributed by atoms with Gasteiger partial charge in [0.05, 0.1) is 24.5 Å². The van der Waals surface area contributed by atoms with E-state index in [-0.39, 0.29) is 11.1 Å². The Morgan fingerprint density at radius 2 is 2.14 bits per heavy atom. The third-order valence-electron chi connectivity index (χ3n) is 3.48. The van der Waals surface area contributed by atoms with Crippen LogP contribution in [-0.4, -0.2) is 30.1 Å². The van der Waals surface area contributed by atoms with E-state index in [0.29, 0.717) is 17.0 Å². The second-order valence-corrected chi connectivity index (χ2v) is 5.70. The lowest BCUT2D eigenvalue weighted by Crippen LogP contribution is -2.46. The van der Waals surface area contributed by atoms with E-state index < -0.39 is 23.3 Å². The maximum atomic E-state index is 12.4. The van der Waals surface area contributed by atoms with Gasteiger partial charge in [0.25, 0.3) is 0 Å². The summed E-state index contributed by atoms with van der Waals surface area (Å²) in [6, 6.07) is 4.61. The molecule has 0 aromatic heterocycles. The van der Waals surface area contributed by atoms with Crippen LogP contribution in [0.4, 0.5) is 0 Å². The molecule has 1 unspecified atom stereocenters. The summed E-state index contributed by atoms with van der Waals surface area (Å²) >= 11 is 5.87. The number of esters is 1. The summed E-state index contributed by atoms with van der Waals surface area (Å²) < 4.78 is 10.5. The van der Waals surface area contributed by atoms with Gasteiger partial charge in [0.15, 0.2) is 5.78 Å². The molecule has 2 rings (SSSR count). The van der Waals surface area contributed by atoms with Gasteiger partial charge >= 0.3 is 5.97 Å². The third-order valence-corrected chi connectivity index (χ3v) is 3.72. The van der Waals surface area contributed by atoms with E-state index in [0.717, 1.165) is 0 Å². The van der Waals surface area contributed by atoms with Crippen LogP contribution in [0.15, 0.2) is 30.0 Å². The monoisotopic (exact) mass is 310 g/mol. The molecule has 1 atom stereocenters. The van der Waals surface area contributed by atoms with Crippen molar-refractivity contribution < 1.29 is 24.2 Å². The molecule has 1 N–H and O–H groups in total. The molecule has 0 bridgehead atoms. The van der Waals surface area contributed by atoms with Crippen molar-refractivity contribution in [1.29, 1.82) is 0 Å². The summed E-state index contributed by atoms with van der Waals surface area (Å²) in [6.07, 6.45) is -0.280. The number of methoxy groups -OCH3 is 1. The molecule has 0 aliphatic carbocycles.